The third kappa shape index (κ3) is 2.24. The minimum atomic E-state index is -0.553. The number of aryl methyl sites for hydroxylation is 1. The molecule has 0 saturated carbocycles. The summed E-state index contributed by atoms with van der Waals surface area (Å²) in [6.45, 7) is 1.79. The molecule has 0 spiro atoms. The van der Waals surface area contributed by atoms with Crippen molar-refractivity contribution in [1.82, 2.24) is 14.6 Å². The molecule has 106 valence electrons. The Morgan fingerprint density at radius 3 is 2.76 bits per heavy atom. The number of aromatic nitrogens is 3. The highest BCUT2D eigenvalue weighted by Crippen LogP contribution is 2.23. The van der Waals surface area contributed by atoms with Crippen molar-refractivity contribution in [2.45, 2.75) is 6.92 Å². The summed E-state index contributed by atoms with van der Waals surface area (Å²) in [6, 6.07) is 9.46. The van der Waals surface area contributed by atoms with Crippen LogP contribution in [0.25, 0.3) is 16.9 Å². The first-order valence-electron chi connectivity index (χ1n) is 6.31. The number of carbonyl (C=O) groups is 1. The molecule has 0 unspecified atom stereocenters. The summed E-state index contributed by atoms with van der Waals surface area (Å²) in [4.78, 5) is 16.3. The second-order valence-corrected chi connectivity index (χ2v) is 4.55. The van der Waals surface area contributed by atoms with Crippen molar-refractivity contribution >= 4 is 11.6 Å². The second kappa shape index (κ2) is 4.97. The number of hydrogen-bond donors (Lipinski definition) is 0. The highest BCUT2D eigenvalue weighted by molar-refractivity contribution is 5.89. The van der Waals surface area contributed by atoms with E-state index in [0.717, 1.165) is 0 Å². The molecule has 3 aromatic rings. The number of methoxy groups -OCH3 is 1. The first kappa shape index (κ1) is 13.2. The molecule has 2 aromatic heterocycles. The molecule has 0 saturated heterocycles. The van der Waals surface area contributed by atoms with Gasteiger partial charge in [-0.15, -0.1) is 0 Å². The van der Waals surface area contributed by atoms with E-state index in [0.29, 0.717) is 22.6 Å². The summed E-state index contributed by atoms with van der Waals surface area (Å²) in [5, 5.41) is 4.20. The van der Waals surface area contributed by atoms with Gasteiger partial charge in [0.25, 0.3) is 0 Å². The monoisotopic (exact) mass is 285 g/mol. The summed E-state index contributed by atoms with van der Waals surface area (Å²) < 4.78 is 20.1. The number of ether oxygens (including phenoxy) is 1. The fourth-order valence-electron chi connectivity index (χ4n) is 2.15. The fourth-order valence-corrected chi connectivity index (χ4v) is 2.15. The Hall–Kier alpha value is -2.76. The molecule has 0 fully saturated rings. The van der Waals surface area contributed by atoms with E-state index in [1.165, 1.54) is 23.8 Å². The van der Waals surface area contributed by atoms with Gasteiger partial charge in [-0.3, -0.25) is 0 Å². The van der Waals surface area contributed by atoms with Gasteiger partial charge in [0.1, 0.15) is 5.82 Å². The third-order valence-electron chi connectivity index (χ3n) is 3.09. The predicted octanol–water partition coefficient (Wildman–Crippen LogP) is 2.63. The largest absolute Gasteiger partial charge is 0.464 e. The highest BCUT2D eigenvalue weighted by Gasteiger charge is 2.17. The van der Waals surface area contributed by atoms with Crippen LogP contribution in [0.15, 0.2) is 36.4 Å². The van der Waals surface area contributed by atoms with Gasteiger partial charge in [0.2, 0.25) is 0 Å². The fraction of sp³-hybridized carbons (Fsp3) is 0.133. The van der Waals surface area contributed by atoms with Crippen molar-refractivity contribution < 1.29 is 13.9 Å². The maximum Gasteiger partial charge on any atom is 0.356 e. The number of nitrogens with zero attached hydrogens (tertiary/aromatic N) is 3. The van der Waals surface area contributed by atoms with Crippen LogP contribution in [0.2, 0.25) is 0 Å². The molecule has 0 aliphatic carbocycles. The molecule has 0 aliphatic rings. The van der Waals surface area contributed by atoms with Crippen LogP contribution in [0.1, 0.15) is 16.2 Å². The molecule has 6 heteroatoms. The standard InChI is InChI=1S/C15H12FN3O2/c1-9-7-14-17-12(10-5-3-4-6-11(10)16)8-13(15(20)21-2)19(14)18-9/h3-8H,1-2H3. The predicted molar refractivity (Wildman–Crippen MR) is 74.5 cm³/mol. The lowest BCUT2D eigenvalue weighted by molar-refractivity contribution is 0.0590. The summed E-state index contributed by atoms with van der Waals surface area (Å²) >= 11 is 0. The molecular formula is C15H12FN3O2. The number of fused-ring (bicyclic) bond motifs is 1. The number of esters is 1. The van der Waals surface area contributed by atoms with Crippen LogP contribution in [0.4, 0.5) is 4.39 Å². The molecule has 2 heterocycles. The van der Waals surface area contributed by atoms with Crippen LogP contribution in [0.5, 0.6) is 0 Å². The number of carbonyl (C=O) groups excluding carboxylic acids is 1. The molecule has 3 rings (SSSR count). The quantitative estimate of drug-likeness (QED) is 0.679. The Bertz CT molecular complexity index is 842. The summed E-state index contributed by atoms with van der Waals surface area (Å²) in [5.74, 6) is -0.954. The molecule has 0 bridgehead atoms. The van der Waals surface area contributed by atoms with Crippen LogP contribution in [-0.4, -0.2) is 27.7 Å². The zero-order chi connectivity index (χ0) is 15.0. The van der Waals surface area contributed by atoms with Crippen LogP contribution < -0.4 is 0 Å². The van der Waals surface area contributed by atoms with Crippen molar-refractivity contribution in [2.24, 2.45) is 0 Å². The topological polar surface area (TPSA) is 56.5 Å². The van der Waals surface area contributed by atoms with E-state index in [9.17, 15) is 9.18 Å². The zero-order valence-corrected chi connectivity index (χ0v) is 11.5. The Morgan fingerprint density at radius 2 is 2.05 bits per heavy atom. The van der Waals surface area contributed by atoms with Crippen molar-refractivity contribution in [3.8, 4) is 11.3 Å². The highest BCUT2D eigenvalue weighted by atomic mass is 19.1. The lowest BCUT2D eigenvalue weighted by atomic mass is 10.1. The summed E-state index contributed by atoms with van der Waals surface area (Å²) in [5.41, 5.74) is 2.06. The first-order valence-corrected chi connectivity index (χ1v) is 6.31. The van der Waals surface area contributed by atoms with Crippen molar-refractivity contribution in [3.05, 3.63) is 53.6 Å². The molecular weight excluding hydrogens is 273 g/mol. The average molecular weight is 285 g/mol. The number of benzene rings is 1. The van der Waals surface area contributed by atoms with Gasteiger partial charge < -0.3 is 4.74 Å². The maximum absolute atomic E-state index is 13.9. The van der Waals surface area contributed by atoms with E-state index >= 15 is 0 Å². The molecule has 0 radical (unpaired) electrons. The van der Waals surface area contributed by atoms with E-state index < -0.39 is 11.8 Å². The van der Waals surface area contributed by atoms with Gasteiger partial charge >= 0.3 is 5.97 Å². The molecule has 1 aromatic carbocycles. The molecule has 21 heavy (non-hydrogen) atoms. The Kier molecular flexibility index (Phi) is 3.13. The third-order valence-corrected chi connectivity index (χ3v) is 3.09. The van der Waals surface area contributed by atoms with Crippen LogP contribution in [0, 0.1) is 12.7 Å². The molecule has 0 aliphatic heterocycles. The van der Waals surface area contributed by atoms with Crippen LogP contribution in [-0.2, 0) is 4.74 Å². The summed E-state index contributed by atoms with van der Waals surface area (Å²) in [6.07, 6.45) is 0. The summed E-state index contributed by atoms with van der Waals surface area (Å²) in [7, 11) is 1.29. The van der Waals surface area contributed by atoms with E-state index in [1.54, 1.807) is 31.2 Å². The SMILES string of the molecule is COC(=O)c1cc(-c2ccccc2F)nc2cc(C)nn12. The van der Waals surface area contributed by atoms with Gasteiger partial charge in [-0.25, -0.2) is 18.7 Å². The van der Waals surface area contributed by atoms with Gasteiger partial charge in [0.15, 0.2) is 11.3 Å². The minimum absolute atomic E-state index is 0.203. The smallest absolute Gasteiger partial charge is 0.356 e. The zero-order valence-electron chi connectivity index (χ0n) is 11.5. The Labute approximate surface area is 120 Å². The second-order valence-electron chi connectivity index (χ2n) is 4.55. The van der Waals surface area contributed by atoms with Crippen molar-refractivity contribution in [1.29, 1.82) is 0 Å². The number of rotatable bonds is 2. The lowest BCUT2D eigenvalue weighted by Crippen LogP contribution is -2.10. The van der Waals surface area contributed by atoms with Gasteiger partial charge in [-0.1, -0.05) is 12.1 Å². The Balaban J connectivity index is 2.30. The van der Waals surface area contributed by atoms with Gasteiger partial charge in [0, 0.05) is 11.6 Å². The lowest BCUT2D eigenvalue weighted by Gasteiger charge is -2.07. The van der Waals surface area contributed by atoms with Gasteiger partial charge in [0.05, 0.1) is 18.5 Å². The van der Waals surface area contributed by atoms with Crippen LogP contribution >= 0.6 is 0 Å². The molecule has 0 atom stereocenters. The van der Waals surface area contributed by atoms with E-state index in [2.05, 4.69) is 10.1 Å². The minimum Gasteiger partial charge on any atom is -0.464 e. The number of halogens is 1. The van der Waals surface area contributed by atoms with Gasteiger partial charge in [-0.2, -0.15) is 5.10 Å². The van der Waals surface area contributed by atoms with E-state index in [4.69, 9.17) is 4.74 Å². The normalized spacial score (nSPS) is 10.8. The average Bonchev–Trinajstić information content (AvgIpc) is 2.86. The molecule has 5 nitrogen and oxygen atoms in total. The Morgan fingerprint density at radius 1 is 1.29 bits per heavy atom. The molecule has 0 N–H and O–H groups in total. The van der Waals surface area contributed by atoms with Gasteiger partial charge in [-0.05, 0) is 25.1 Å². The van der Waals surface area contributed by atoms with Crippen molar-refractivity contribution in [2.75, 3.05) is 7.11 Å². The number of hydrogen-bond acceptors (Lipinski definition) is 4. The van der Waals surface area contributed by atoms with E-state index in [-0.39, 0.29) is 5.69 Å². The van der Waals surface area contributed by atoms with Crippen LogP contribution in [0.3, 0.4) is 0 Å². The van der Waals surface area contributed by atoms with Crippen molar-refractivity contribution in [3.63, 3.8) is 0 Å². The first-order chi connectivity index (χ1) is 10.1. The van der Waals surface area contributed by atoms with E-state index in [1.807, 2.05) is 0 Å². The maximum atomic E-state index is 13.9. The molecule has 0 amide bonds.